The van der Waals surface area contributed by atoms with Gasteiger partial charge in [-0.3, -0.25) is 4.90 Å². The molecule has 2 atom stereocenters. The third-order valence-corrected chi connectivity index (χ3v) is 5.29. The van der Waals surface area contributed by atoms with E-state index in [0.29, 0.717) is 6.04 Å². The van der Waals surface area contributed by atoms with Crippen LogP contribution in [0.2, 0.25) is 0 Å². The molecule has 3 rings (SSSR count). The first-order chi connectivity index (χ1) is 10.2. The van der Waals surface area contributed by atoms with E-state index < -0.39 is 0 Å². The number of hydrogen-bond donors (Lipinski definition) is 1. The third-order valence-electron chi connectivity index (χ3n) is 4.55. The summed E-state index contributed by atoms with van der Waals surface area (Å²) in [6.45, 7) is 3.25. The Morgan fingerprint density at radius 3 is 2.55 bits per heavy atom. The van der Waals surface area contributed by atoms with Gasteiger partial charge in [0.05, 0.1) is 14.2 Å². The zero-order valence-electron chi connectivity index (χ0n) is 13.1. The van der Waals surface area contributed by atoms with Gasteiger partial charge in [-0.25, -0.2) is 0 Å². The lowest BCUT2D eigenvalue weighted by atomic mass is 10.1. The maximum Gasteiger partial charge on any atom is 0.161 e. The average Bonchev–Trinajstić information content (AvgIpc) is 2.82. The highest BCUT2D eigenvalue weighted by Gasteiger charge is 2.29. The summed E-state index contributed by atoms with van der Waals surface area (Å²) in [6.07, 6.45) is 3.91. The highest BCUT2D eigenvalue weighted by molar-refractivity contribution is 9.10. The SMILES string of the molecule is COc1cc(Br)c(CN2CCC3CCC(C2)N3)cc1OC.Cl. The quantitative estimate of drug-likeness (QED) is 0.854. The van der Waals surface area contributed by atoms with Gasteiger partial charge in [0.2, 0.25) is 0 Å². The fourth-order valence-electron chi connectivity index (χ4n) is 3.42. The first kappa shape index (κ1) is 17.9. The minimum Gasteiger partial charge on any atom is -0.493 e. The van der Waals surface area contributed by atoms with Crippen LogP contribution in [-0.2, 0) is 6.54 Å². The van der Waals surface area contributed by atoms with Crippen molar-refractivity contribution in [2.45, 2.75) is 37.9 Å². The second kappa shape index (κ2) is 7.86. The van der Waals surface area contributed by atoms with Crippen LogP contribution in [0.15, 0.2) is 16.6 Å². The van der Waals surface area contributed by atoms with Crippen LogP contribution in [0.4, 0.5) is 0 Å². The number of methoxy groups -OCH3 is 2. The molecule has 1 aromatic rings. The van der Waals surface area contributed by atoms with Gasteiger partial charge in [-0.05, 0) is 37.0 Å². The Bertz CT molecular complexity index is 515. The van der Waals surface area contributed by atoms with Crippen LogP contribution in [0.1, 0.15) is 24.8 Å². The van der Waals surface area contributed by atoms with Crippen molar-refractivity contribution in [2.75, 3.05) is 27.3 Å². The predicted octanol–water partition coefficient (Wildman–Crippen LogP) is 3.21. The van der Waals surface area contributed by atoms with Gasteiger partial charge in [-0.15, -0.1) is 12.4 Å². The monoisotopic (exact) mass is 390 g/mol. The molecule has 6 heteroatoms. The Morgan fingerprint density at radius 2 is 1.82 bits per heavy atom. The van der Waals surface area contributed by atoms with E-state index >= 15 is 0 Å². The summed E-state index contributed by atoms with van der Waals surface area (Å²) < 4.78 is 11.8. The number of likely N-dealkylation sites (tertiary alicyclic amines) is 1. The van der Waals surface area contributed by atoms with E-state index in [0.717, 1.165) is 41.6 Å². The topological polar surface area (TPSA) is 33.7 Å². The summed E-state index contributed by atoms with van der Waals surface area (Å²) in [5.41, 5.74) is 1.26. The molecule has 2 fully saturated rings. The molecular weight excluding hydrogens is 368 g/mol. The molecule has 0 amide bonds. The maximum absolute atomic E-state index is 5.42. The van der Waals surface area contributed by atoms with Gasteiger partial charge in [0, 0.05) is 36.2 Å². The molecule has 1 aromatic carbocycles. The Labute approximate surface area is 147 Å². The molecule has 2 bridgehead atoms. The molecule has 0 saturated carbocycles. The molecule has 22 heavy (non-hydrogen) atoms. The summed E-state index contributed by atoms with van der Waals surface area (Å²) in [5, 5.41) is 3.73. The minimum absolute atomic E-state index is 0. The molecule has 2 unspecified atom stereocenters. The van der Waals surface area contributed by atoms with Gasteiger partial charge in [-0.1, -0.05) is 15.9 Å². The molecule has 4 nitrogen and oxygen atoms in total. The van der Waals surface area contributed by atoms with E-state index in [9.17, 15) is 0 Å². The molecule has 1 N–H and O–H groups in total. The maximum atomic E-state index is 5.42. The lowest BCUT2D eigenvalue weighted by Crippen LogP contribution is -2.35. The van der Waals surface area contributed by atoms with Crippen molar-refractivity contribution in [1.29, 1.82) is 0 Å². The van der Waals surface area contributed by atoms with Gasteiger partial charge in [0.25, 0.3) is 0 Å². The third kappa shape index (κ3) is 3.88. The molecule has 2 saturated heterocycles. The largest absolute Gasteiger partial charge is 0.493 e. The van der Waals surface area contributed by atoms with Crippen molar-refractivity contribution in [3.05, 3.63) is 22.2 Å². The zero-order chi connectivity index (χ0) is 14.8. The van der Waals surface area contributed by atoms with Crippen molar-refractivity contribution < 1.29 is 9.47 Å². The van der Waals surface area contributed by atoms with Crippen LogP contribution in [0.25, 0.3) is 0 Å². The second-order valence-corrected chi connectivity index (χ2v) is 6.81. The Balaban J connectivity index is 0.00000176. The van der Waals surface area contributed by atoms with Crippen LogP contribution < -0.4 is 14.8 Å². The molecule has 0 aliphatic carbocycles. The van der Waals surface area contributed by atoms with E-state index in [4.69, 9.17) is 9.47 Å². The smallest absolute Gasteiger partial charge is 0.161 e. The predicted molar refractivity (Wildman–Crippen MR) is 94.3 cm³/mol. The summed E-state index contributed by atoms with van der Waals surface area (Å²) >= 11 is 3.66. The van der Waals surface area contributed by atoms with Gasteiger partial charge in [0.1, 0.15) is 0 Å². The number of fused-ring (bicyclic) bond motifs is 2. The van der Waals surface area contributed by atoms with Crippen molar-refractivity contribution >= 4 is 28.3 Å². The molecular formula is C16H24BrClN2O2. The molecule has 0 aromatic heterocycles. The van der Waals surface area contributed by atoms with Gasteiger partial charge < -0.3 is 14.8 Å². The number of halogens is 2. The van der Waals surface area contributed by atoms with Crippen LogP contribution in [-0.4, -0.2) is 44.3 Å². The fraction of sp³-hybridized carbons (Fsp3) is 0.625. The van der Waals surface area contributed by atoms with E-state index in [1.54, 1.807) is 14.2 Å². The highest BCUT2D eigenvalue weighted by atomic mass is 79.9. The number of benzene rings is 1. The summed E-state index contributed by atoms with van der Waals surface area (Å²) in [6, 6.07) is 5.47. The zero-order valence-corrected chi connectivity index (χ0v) is 15.5. The number of rotatable bonds is 4. The summed E-state index contributed by atoms with van der Waals surface area (Å²) in [5.74, 6) is 1.56. The van der Waals surface area contributed by atoms with Crippen molar-refractivity contribution in [2.24, 2.45) is 0 Å². The standard InChI is InChI=1S/C16H23BrN2O2.ClH/c1-20-15-7-11(14(17)8-16(15)21-2)9-19-6-5-12-3-4-13(10-19)18-12;/h7-8,12-13,18H,3-6,9-10H2,1-2H3;1H. The van der Waals surface area contributed by atoms with Crippen molar-refractivity contribution in [1.82, 2.24) is 10.2 Å². The summed E-state index contributed by atoms with van der Waals surface area (Å²) in [4.78, 5) is 2.54. The van der Waals surface area contributed by atoms with Crippen LogP contribution in [0.5, 0.6) is 11.5 Å². The van der Waals surface area contributed by atoms with Crippen molar-refractivity contribution in [3.8, 4) is 11.5 Å². The molecule has 0 radical (unpaired) electrons. The first-order valence-electron chi connectivity index (χ1n) is 7.58. The molecule has 2 aliphatic heterocycles. The van der Waals surface area contributed by atoms with Crippen molar-refractivity contribution in [3.63, 3.8) is 0 Å². The summed E-state index contributed by atoms with van der Waals surface area (Å²) in [7, 11) is 3.35. The second-order valence-electron chi connectivity index (χ2n) is 5.96. The normalized spacial score (nSPS) is 24.5. The number of hydrogen-bond acceptors (Lipinski definition) is 4. The lowest BCUT2D eigenvalue weighted by Gasteiger charge is -2.25. The average molecular weight is 392 g/mol. The van der Waals surface area contributed by atoms with Crippen LogP contribution in [0.3, 0.4) is 0 Å². The lowest BCUT2D eigenvalue weighted by molar-refractivity contribution is 0.250. The van der Waals surface area contributed by atoms with E-state index in [1.165, 1.54) is 24.8 Å². The van der Waals surface area contributed by atoms with Gasteiger partial charge in [0.15, 0.2) is 11.5 Å². The fourth-order valence-corrected chi connectivity index (χ4v) is 3.87. The Morgan fingerprint density at radius 1 is 1.14 bits per heavy atom. The van der Waals surface area contributed by atoms with Gasteiger partial charge >= 0.3 is 0 Å². The van der Waals surface area contributed by atoms with E-state index in [-0.39, 0.29) is 12.4 Å². The van der Waals surface area contributed by atoms with Gasteiger partial charge in [-0.2, -0.15) is 0 Å². The Hall–Kier alpha value is -0.490. The first-order valence-corrected chi connectivity index (χ1v) is 8.37. The molecule has 0 spiro atoms. The van der Waals surface area contributed by atoms with Crippen LogP contribution in [0, 0.1) is 0 Å². The van der Waals surface area contributed by atoms with E-state index in [1.807, 2.05) is 6.07 Å². The Kier molecular flexibility index (Phi) is 6.38. The minimum atomic E-state index is 0. The number of nitrogens with one attached hydrogen (secondary N) is 1. The molecule has 2 heterocycles. The number of nitrogens with zero attached hydrogens (tertiary/aromatic N) is 1. The van der Waals surface area contributed by atoms with E-state index in [2.05, 4.69) is 32.2 Å². The molecule has 124 valence electrons. The number of ether oxygens (including phenoxy) is 2. The molecule has 2 aliphatic rings. The van der Waals surface area contributed by atoms with Crippen LogP contribution >= 0.6 is 28.3 Å². The highest BCUT2D eigenvalue weighted by Crippen LogP contribution is 2.34.